The summed E-state index contributed by atoms with van der Waals surface area (Å²) in [6.07, 6.45) is 0.572. The Balaban J connectivity index is 2.39. The minimum Gasteiger partial charge on any atom is -0.309 e. The number of likely N-dealkylation sites (N-methyl/N-ethyl adjacent to an activating group) is 1. The summed E-state index contributed by atoms with van der Waals surface area (Å²) in [6.45, 7) is 0.368. The van der Waals surface area contributed by atoms with Crippen molar-refractivity contribution in [3.05, 3.63) is 28.8 Å². The molecule has 0 aliphatic carbocycles. The van der Waals surface area contributed by atoms with Crippen molar-refractivity contribution in [2.45, 2.75) is 12.5 Å². The van der Waals surface area contributed by atoms with Gasteiger partial charge in [0.25, 0.3) is 0 Å². The molecule has 3 nitrogen and oxygen atoms in total. The number of hydrogen-bond donors (Lipinski definition) is 1. The fourth-order valence-corrected chi connectivity index (χ4v) is 2.26. The number of nitrogens with zero attached hydrogens (tertiary/aromatic N) is 1. The van der Waals surface area contributed by atoms with Crippen LogP contribution in [-0.4, -0.2) is 25.5 Å². The number of hydrogen-bond acceptors (Lipinski definition) is 2. The lowest BCUT2D eigenvalue weighted by Gasteiger charge is -2.18. The fraction of sp³-hybridized carbons (Fsp3) is 0.364. The molecule has 1 aromatic rings. The largest absolute Gasteiger partial charge is 0.309 e. The van der Waals surface area contributed by atoms with Gasteiger partial charge in [-0.1, -0.05) is 11.6 Å². The van der Waals surface area contributed by atoms with E-state index in [1.54, 1.807) is 7.05 Å². The zero-order valence-electron chi connectivity index (χ0n) is 9.14. The van der Waals surface area contributed by atoms with E-state index in [1.807, 2.05) is 0 Å². The van der Waals surface area contributed by atoms with Gasteiger partial charge in [0.15, 0.2) is 5.82 Å². The van der Waals surface area contributed by atoms with Gasteiger partial charge in [0, 0.05) is 12.6 Å². The molecule has 1 aromatic carbocycles. The molecule has 2 rings (SSSR count). The Morgan fingerprint density at radius 3 is 2.71 bits per heavy atom. The first-order valence-corrected chi connectivity index (χ1v) is 5.55. The number of anilines is 1. The van der Waals surface area contributed by atoms with E-state index in [4.69, 9.17) is 11.6 Å². The van der Waals surface area contributed by atoms with Crippen molar-refractivity contribution in [2.75, 3.05) is 18.5 Å². The van der Waals surface area contributed by atoms with Gasteiger partial charge in [-0.25, -0.2) is 8.78 Å². The SMILES string of the molecule is CNC1CCN(c2c(F)cc(F)cc2Cl)C1=O. The number of amides is 1. The Morgan fingerprint density at radius 2 is 2.18 bits per heavy atom. The molecule has 1 fully saturated rings. The molecule has 0 spiro atoms. The van der Waals surface area contributed by atoms with Gasteiger partial charge in [-0.3, -0.25) is 4.79 Å². The first-order chi connectivity index (χ1) is 8.04. The number of nitrogens with one attached hydrogen (secondary N) is 1. The molecule has 0 bridgehead atoms. The topological polar surface area (TPSA) is 32.3 Å². The molecule has 1 aliphatic heterocycles. The smallest absolute Gasteiger partial charge is 0.244 e. The van der Waals surface area contributed by atoms with Crippen LogP contribution in [0.3, 0.4) is 0 Å². The zero-order valence-corrected chi connectivity index (χ0v) is 9.89. The highest BCUT2D eigenvalue weighted by atomic mass is 35.5. The standard InChI is InChI=1S/C11H11ClF2N2O/c1-15-9-2-3-16(11(9)17)10-7(12)4-6(13)5-8(10)14/h4-5,9,15H,2-3H2,1H3. The maximum Gasteiger partial charge on any atom is 0.244 e. The summed E-state index contributed by atoms with van der Waals surface area (Å²) < 4.78 is 26.5. The third kappa shape index (κ3) is 2.12. The van der Waals surface area contributed by atoms with Gasteiger partial charge in [-0.05, 0) is 19.5 Å². The van der Waals surface area contributed by atoms with Crippen LogP contribution in [0.4, 0.5) is 14.5 Å². The molecule has 0 aromatic heterocycles. The second-order valence-electron chi connectivity index (χ2n) is 3.84. The van der Waals surface area contributed by atoms with E-state index in [-0.39, 0.29) is 22.7 Å². The van der Waals surface area contributed by atoms with Gasteiger partial charge in [-0.2, -0.15) is 0 Å². The van der Waals surface area contributed by atoms with Crippen LogP contribution in [0.2, 0.25) is 5.02 Å². The third-order valence-electron chi connectivity index (χ3n) is 2.81. The number of benzene rings is 1. The Morgan fingerprint density at radius 1 is 1.47 bits per heavy atom. The summed E-state index contributed by atoms with van der Waals surface area (Å²) in [5.74, 6) is -1.83. The van der Waals surface area contributed by atoms with Crippen LogP contribution in [0.15, 0.2) is 12.1 Å². The van der Waals surface area contributed by atoms with E-state index in [2.05, 4.69) is 5.32 Å². The van der Waals surface area contributed by atoms with Crippen LogP contribution >= 0.6 is 11.6 Å². The molecule has 92 valence electrons. The molecule has 1 unspecified atom stereocenters. The summed E-state index contributed by atoms with van der Waals surface area (Å²) in [7, 11) is 1.66. The summed E-state index contributed by atoms with van der Waals surface area (Å²) in [6, 6.07) is 1.39. The maximum absolute atomic E-state index is 13.6. The van der Waals surface area contributed by atoms with Gasteiger partial charge in [-0.15, -0.1) is 0 Å². The molecule has 1 atom stereocenters. The Labute approximate surface area is 102 Å². The molecule has 1 heterocycles. The molecular weight excluding hydrogens is 250 g/mol. The molecule has 0 radical (unpaired) electrons. The van der Waals surface area contributed by atoms with E-state index in [9.17, 15) is 13.6 Å². The van der Waals surface area contributed by atoms with E-state index >= 15 is 0 Å². The predicted molar refractivity (Wildman–Crippen MR) is 61.2 cm³/mol. The van der Waals surface area contributed by atoms with Crippen LogP contribution in [0.25, 0.3) is 0 Å². The zero-order chi connectivity index (χ0) is 12.6. The fourth-order valence-electron chi connectivity index (χ4n) is 1.96. The lowest BCUT2D eigenvalue weighted by Crippen LogP contribution is -2.36. The van der Waals surface area contributed by atoms with Crippen molar-refractivity contribution in [3.63, 3.8) is 0 Å². The number of carbonyl (C=O) groups is 1. The minimum atomic E-state index is -0.819. The maximum atomic E-state index is 13.6. The van der Waals surface area contributed by atoms with Crippen LogP contribution in [0.5, 0.6) is 0 Å². The molecule has 1 N–H and O–H groups in total. The first kappa shape index (κ1) is 12.3. The van der Waals surface area contributed by atoms with E-state index in [0.29, 0.717) is 13.0 Å². The normalized spacial score (nSPS) is 20.1. The van der Waals surface area contributed by atoms with Crippen LogP contribution in [0.1, 0.15) is 6.42 Å². The van der Waals surface area contributed by atoms with Gasteiger partial charge in [0.1, 0.15) is 5.82 Å². The lowest BCUT2D eigenvalue weighted by molar-refractivity contribution is -0.118. The Hall–Kier alpha value is -1.20. The number of halogens is 3. The van der Waals surface area contributed by atoms with Crippen LogP contribution < -0.4 is 10.2 Å². The predicted octanol–water partition coefficient (Wildman–Crippen LogP) is 1.94. The van der Waals surface area contributed by atoms with Crippen LogP contribution in [-0.2, 0) is 4.79 Å². The number of carbonyl (C=O) groups excluding carboxylic acids is 1. The van der Waals surface area contributed by atoms with Crippen molar-refractivity contribution < 1.29 is 13.6 Å². The second-order valence-corrected chi connectivity index (χ2v) is 4.25. The Kier molecular flexibility index (Phi) is 3.31. The highest BCUT2D eigenvalue weighted by Crippen LogP contribution is 2.32. The molecule has 1 aliphatic rings. The highest BCUT2D eigenvalue weighted by molar-refractivity contribution is 6.34. The molecule has 17 heavy (non-hydrogen) atoms. The van der Waals surface area contributed by atoms with Gasteiger partial charge in [0.05, 0.1) is 16.8 Å². The molecule has 1 amide bonds. The molecule has 1 saturated heterocycles. The van der Waals surface area contributed by atoms with Crippen molar-refractivity contribution in [2.24, 2.45) is 0 Å². The summed E-state index contributed by atoms with van der Waals surface area (Å²) in [4.78, 5) is 13.1. The summed E-state index contributed by atoms with van der Waals surface area (Å²) in [5.41, 5.74) is -0.0455. The average molecular weight is 261 g/mol. The molecular formula is C11H11ClF2N2O. The summed E-state index contributed by atoms with van der Waals surface area (Å²) >= 11 is 5.78. The minimum absolute atomic E-state index is 0.0455. The van der Waals surface area contributed by atoms with Crippen molar-refractivity contribution >= 4 is 23.2 Å². The van der Waals surface area contributed by atoms with Crippen molar-refractivity contribution in [3.8, 4) is 0 Å². The van der Waals surface area contributed by atoms with Crippen LogP contribution in [0, 0.1) is 11.6 Å². The molecule has 0 saturated carbocycles. The lowest BCUT2D eigenvalue weighted by atomic mass is 10.2. The Bertz CT molecular complexity index is 444. The van der Waals surface area contributed by atoms with Gasteiger partial charge in [0.2, 0.25) is 5.91 Å². The highest BCUT2D eigenvalue weighted by Gasteiger charge is 2.34. The first-order valence-electron chi connectivity index (χ1n) is 5.17. The quantitative estimate of drug-likeness (QED) is 0.881. The second kappa shape index (κ2) is 4.58. The molecule has 6 heteroatoms. The number of rotatable bonds is 2. The van der Waals surface area contributed by atoms with Gasteiger partial charge >= 0.3 is 0 Å². The van der Waals surface area contributed by atoms with Crippen molar-refractivity contribution in [1.82, 2.24) is 5.32 Å². The van der Waals surface area contributed by atoms with E-state index in [0.717, 1.165) is 12.1 Å². The van der Waals surface area contributed by atoms with E-state index < -0.39 is 11.6 Å². The van der Waals surface area contributed by atoms with Crippen molar-refractivity contribution in [1.29, 1.82) is 0 Å². The monoisotopic (exact) mass is 260 g/mol. The average Bonchev–Trinajstić information content (AvgIpc) is 2.59. The summed E-state index contributed by atoms with van der Waals surface area (Å²) in [5, 5.41) is 2.74. The van der Waals surface area contributed by atoms with Gasteiger partial charge < -0.3 is 10.2 Å². The van der Waals surface area contributed by atoms with E-state index in [1.165, 1.54) is 4.90 Å². The third-order valence-corrected chi connectivity index (χ3v) is 3.09.